The first-order valence-electron chi connectivity index (χ1n) is 5.55. The Labute approximate surface area is 95.3 Å². The molecule has 0 saturated carbocycles. The fraction of sp³-hybridized carbons (Fsp3) is 0.417. The van der Waals surface area contributed by atoms with Crippen molar-refractivity contribution in [3.63, 3.8) is 0 Å². The van der Waals surface area contributed by atoms with Crippen molar-refractivity contribution >= 4 is 0 Å². The van der Waals surface area contributed by atoms with Crippen LogP contribution in [0.5, 0.6) is 0 Å². The Hall–Kier alpha value is -1.55. The Morgan fingerprint density at radius 2 is 2.31 bits per heavy atom. The van der Waals surface area contributed by atoms with Crippen molar-refractivity contribution in [1.82, 2.24) is 15.1 Å². The van der Waals surface area contributed by atoms with Crippen LogP contribution in [0, 0.1) is 6.92 Å². The normalized spacial score (nSPS) is 10.9. The van der Waals surface area contributed by atoms with E-state index < -0.39 is 0 Å². The maximum absolute atomic E-state index is 5.45. The molecule has 2 heterocycles. The van der Waals surface area contributed by atoms with Crippen LogP contribution >= 0.6 is 0 Å². The summed E-state index contributed by atoms with van der Waals surface area (Å²) in [6.07, 6.45) is 3.56. The van der Waals surface area contributed by atoms with E-state index in [0.717, 1.165) is 31.1 Å². The molecule has 1 N–H and O–H groups in total. The molecule has 0 aromatic carbocycles. The van der Waals surface area contributed by atoms with Gasteiger partial charge in [-0.3, -0.25) is 4.68 Å². The molecule has 0 amide bonds. The van der Waals surface area contributed by atoms with E-state index >= 15 is 0 Å². The van der Waals surface area contributed by atoms with E-state index in [-0.39, 0.29) is 0 Å². The summed E-state index contributed by atoms with van der Waals surface area (Å²) in [7, 11) is 0. The second kappa shape index (κ2) is 4.99. The first kappa shape index (κ1) is 11.0. The van der Waals surface area contributed by atoms with Crippen molar-refractivity contribution < 1.29 is 4.42 Å². The maximum Gasteiger partial charge on any atom is 0.122 e. The molecule has 0 unspecified atom stereocenters. The van der Waals surface area contributed by atoms with Gasteiger partial charge < -0.3 is 9.73 Å². The fourth-order valence-corrected chi connectivity index (χ4v) is 1.63. The van der Waals surface area contributed by atoms with Crippen LogP contribution < -0.4 is 5.32 Å². The molecule has 0 spiro atoms. The molecule has 4 heteroatoms. The van der Waals surface area contributed by atoms with E-state index in [1.54, 1.807) is 6.26 Å². The first-order chi connectivity index (χ1) is 7.81. The Morgan fingerprint density at radius 3 is 3.00 bits per heavy atom. The number of aromatic nitrogens is 2. The minimum Gasteiger partial charge on any atom is -0.468 e. The van der Waals surface area contributed by atoms with Crippen molar-refractivity contribution in [3.05, 3.63) is 41.6 Å². The third kappa shape index (κ3) is 2.33. The number of furan rings is 1. The largest absolute Gasteiger partial charge is 0.468 e. The fourth-order valence-electron chi connectivity index (χ4n) is 1.63. The van der Waals surface area contributed by atoms with Crippen molar-refractivity contribution in [1.29, 1.82) is 0 Å². The Bertz CT molecular complexity index is 445. The van der Waals surface area contributed by atoms with E-state index in [1.165, 1.54) is 5.56 Å². The third-order valence-electron chi connectivity index (χ3n) is 2.62. The number of hydrogen-bond donors (Lipinski definition) is 1. The molecular weight excluding hydrogens is 202 g/mol. The van der Waals surface area contributed by atoms with E-state index in [4.69, 9.17) is 4.42 Å². The van der Waals surface area contributed by atoms with Crippen LogP contribution in [0.15, 0.2) is 29.0 Å². The minimum absolute atomic E-state index is 0.774. The highest BCUT2D eigenvalue weighted by molar-refractivity contribution is 5.18. The van der Waals surface area contributed by atoms with E-state index in [9.17, 15) is 0 Å². The molecule has 16 heavy (non-hydrogen) atoms. The third-order valence-corrected chi connectivity index (χ3v) is 2.62. The van der Waals surface area contributed by atoms with Gasteiger partial charge in [-0.1, -0.05) is 6.92 Å². The molecule has 0 bridgehead atoms. The molecule has 86 valence electrons. The van der Waals surface area contributed by atoms with Gasteiger partial charge in [0.1, 0.15) is 5.76 Å². The number of aryl methyl sites for hydroxylation is 1. The molecule has 0 saturated heterocycles. The maximum atomic E-state index is 5.45. The van der Waals surface area contributed by atoms with Gasteiger partial charge in [0.15, 0.2) is 0 Å². The molecule has 2 aromatic rings. The van der Waals surface area contributed by atoms with Crippen molar-refractivity contribution in [3.8, 4) is 0 Å². The Kier molecular flexibility index (Phi) is 3.41. The Balaban J connectivity index is 2.09. The molecule has 0 aliphatic carbocycles. The molecule has 0 aliphatic heterocycles. The highest BCUT2D eigenvalue weighted by Crippen LogP contribution is 2.12. The zero-order valence-corrected chi connectivity index (χ0v) is 9.73. The SMILES string of the molecule is CCNCc1occc1Cn1nccc1C. The minimum atomic E-state index is 0.774. The van der Waals surface area contributed by atoms with E-state index in [0.29, 0.717) is 0 Å². The van der Waals surface area contributed by atoms with Crippen LogP contribution in [0.25, 0.3) is 0 Å². The predicted octanol–water partition coefficient (Wildman–Crippen LogP) is 1.94. The van der Waals surface area contributed by atoms with Crippen LogP contribution in [-0.4, -0.2) is 16.3 Å². The zero-order valence-electron chi connectivity index (χ0n) is 9.73. The van der Waals surface area contributed by atoms with Gasteiger partial charge >= 0.3 is 0 Å². The molecular formula is C12H17N3O. The smallest absolute Gasteiger partial charge is 0.122 e. The monoisotopic (exact) mass is 219 g/mol. The summed E-state index contributed by atoms with van der Waals surface area (Å²) in [5.74, 6) is 0.997. The summed E-state index contributed by atoms with van der Waals surface area (Å²) in [6.45, 7) is 6.63. The number of hydrogen-bond acceptors (Lipinski definition) is 3. The zero-order chi connectivity index (χ0) is 11.4. The molecule has 4 nitrogen and oxygen atoms in total. The van der Waals surface area contributed by atoms with Crippen LogP contribution in [0.3, 0.4) is 0 Å². The second-order valence-corrected chi connectivity index (χ2v) is 3.78. The van der Waals surface area contributed by atoms with Gasteiger partial charge in [0.05, 0.1) is 19.4 Å². The van der Waals surface area contributed by atoms with Gasteiger partial charge in [0.25, 0.3) is 0 Å². The van der Waals surface area contributed by atoms with Gasteiger partial charge in [-0.25, -0.2) is 0 Å². The lowest BCUT2D eigenvalue weighted by Crippen LogP contribution is -2.13. The summed E-state index contributed by atoms with van der Waals surface area (Å²) in [6, 6.07) is 4.01. The van der Waals surface area contributed by atoms with Gasteiger partial charge in [-0.05, 0) is 25.6 Å². The predicted molar refractivity (Wildman–Crippen MR) is 62.2 cm³/mol. The lowest BCUT2D eigenvalue weighted by molar-refractivity contribution is 0.479. The van der Waals surface area contributed by atoms with Crippen molar-refractivity contribution in [2.75, 3.05) is 6.54 Å². The topological polar surface area (TPSA) is 43.0 Å². The summed E-state index contributed by atoms with van der Waals surface area (Å²) in [5.41, 5.74) is 2.35. The average Bonchev–Trinajstić information content (AvgIpc) is 2.87. The van der Waals surface area contributed by atoms with Gasteiger partial charge in [0, 0.05) is 17.5 Å². The first-order valence-corrected chi connectivity index (χ1v) is 5.55. The molecule has 0 aliphatic rings. The second-order valence-electron chi connectivity index (χ2n) is 3.78. The highest BCUT2D eigenvalue weighted by Gasteiger charge is 2.07. The van der Waals surface area contributed by atoms with Crippen molar-refractivity contribution in [2.24, 2.45) is 0 Å². The summed E-state index contributed by atoms with van der Waals surface area (Å²) < 4.78 is 7.42. The molecule has 2 rings (SSSR count). The van der Waals surface area contributed by atoms with Gasteiger partial charge in [-0.15, -0.1) is 0 Å². The average molecular weight is 219 g/mol. The van der Waals surface area contributed by atoms with E-state index in [1.807, 2.05) is 23.0 Å². The van der Waals surface area contributed by atoms with E-state index in [2.05, 4.69) is 24.3 Å². The quantitative estimate of drug-likeness (QED) is 0.835. The lowest BCUT2D eigenvalue weighted by atomic mass is 10.2. The van der Waals surface area contributed by atoms with Gasteiger partial charge in [-0.2, -0.15) is 5.10 Å². The molecule has 2 aromatic heterocycles. The summed E-state index contributed by atoms with van der Waals surface area (Å²) in [5, 5.41) is 7.53. The lowest BCUT2D eigenvalue weighted by Gasteiger charge is -2.05. The van der Waals surface area contributed by atoms with Crippen LogP contribution in [0.2, 0.25) is 0 Å². The molecule has 0 fully saturated rings. The number of nitrogens with zero attached hydrogens (tertiary/aromatic N) is 2. The highest BCUT2D eigenvalue weighted by atomic mass is 16.3. The summed E-state index contributed by atoms with van der Waals surface area (Å²) >= 11 is 0. The molecule has 0 radical (unpaired) electrons. The molecule has 0 atom stereocenters. The Morgan fingerprint density at radius 1 is 1.44 bits per heavy atom. The van der Waals surface area contributed by atoms with Crippen LogP contribution in [0.4, 0.5) is 0 Å². The van der Waals surface area contributed by atoms with Crippen molar-refractivity contribution in [2.45, 2.75) is 26.9 Å². The number of rotatable bonds is 5. The van der Waals surface area contributed by atoms with Gasteiger partial charge in [0.2, 0.25) is 0 Å². The summed E-state index contributed by atoms with van der Waals surface area (Å²) in [4.78, 5) is 0. The van der Waals surface area contributed by atoms with Crippen LogP contribution in [-0.2, 0) is 13.1 Å². The standard InChI is InChI=1S/C12H17N3O/c1-3-13-8-12-11(5-7-16-12)9-15-10(2)4-6-14-15/h4-7,13H,3,8-9H2,1-2H3. The number of nitrogens with one attached hydrogen (secondary N) is 1. The van der Waals surface area contributed by atoms with Crippen LogP contribution in [0.1, 0.15) is 23.9 Å².